The van der Waals surface area contributed by atoms with Crippen LogP contribution >= 0.6 is 0 Å². The zero-order chi connectivity index (χ0) is 24.8. The van der Waals surface area contributed by atoms with Crippen LogP contribution in [-0.4, -0.2) is 46.0 Å². The molecule has 0 radical (unpaired) electrons. The summed E-state index contributed by atoms with van der Waals surface area (Å²) in [6.07, 6.45) is 1.58. The summed E-state index contributed by atoms with van der Waals surface area (Å²) in [4.78, 5) is 9.42. The molecule has 0 saturated heterocycles. The standard InChI is InChI=1S/C27H22N4O5/c1-33-18-8-4-15(5-9-18)25-29-26-24-23(16-6-11-20(34-2)22(12-16)35-3)19-10-7-17(32)13-21(19)36-27(24)28-14-31(26)30-25/h4-14,23,32H,1-3H3/t23-/m0/s1. The zero-order valence-electron chi connectivity index (χ0n) is 19.8. The molecule has 36 heavy (non-hydrogen) atoms. The van der Waals surface area contributed by atoms with Crippen molar-refractivity contribution in [2.45, 2.75) is 5.92 Å². The van der Waals surface area contributed by atoms with Gasteiger partial charge < -0.3 is 24.1 Å². The van der Waals surface area contributed by atoms with Crippen LogP contribution in [0.4, 0.5) is 0 Å². The smallest absolute Gasteiger partial charge is 0.228 e. The normalized spacial score (nSPS) is 14.0. The molecule has 1 aliphatic rings. The first-order chi connectivity index (χ1) is 17.6. The van der Waals surface area contributed by atoms with Gasteiger partial charge in [-0.3, -0.25) is 0 Å². The lowest BCUT2D eigenvalue weighted by molar-refractivity contribution is 0.354. The number of methoxy groups -OCH3 is 3. The molecule has 3 aromatic carbocycles. The third-order valence-corrected chi connectivity index (χ3v) is 6.28. The van der Waals surface area contributed by atoms with Gasteiger partial charge in [-0.25, -0.2) is 14.5 Å². The Morgan fingerprint density at radius 1 is 0.889 bits per heavy atom. The highest BCUT2D eigenvalue weighted by atomic mass is 16.5. The molecule has 6 rings (SSSR count). The van der Waals surface area contributed by atoms with E-state index < -0.39 is 0 Å². The van der Waals surface area contributed by atoms with E-state index in [9.17, 15) is 5.11 Å². The third-order valence-electron chi connectivity index (χ3n) is 6.28. The number of ether oxygens (including phenoxy) is 4. The molecule has 1 N–H and O–H groups in total. The monoisotopic (exact) mass is 482 g/mol. The van der Waals surface area contributed by atoms with E-state index in [0.29, 0.717) is 34.6 Å². The van der Waals surface area contributed by atoms with E-state index in [0.717, 1.165) is 28.0 Å². The number of aromatic hydroxyl groups is 1. The van der Waals surface area contributed by atoms with E-state index in [1.807, 2.05) is 48.5 Å². The summed E-state index contributed by atoms with van der Waals surface area (Å²) >= 11 is 0. The fraction of sp³-hybridized carbons (Fsp3) is 0.148. The maximum atomic E-state index is 10.1. The summed E-state index contributed by atoms with van der Waals surface area (Å²) in [5.41, 5.74) is 4.00. The largest absolute Gasteiger partial charge is 0.508 e. The number of fused-ring (bicyclic) bond motifs is 4. The number of benzene rings is 3. The molecular formula is C27H22N4O5. The van der Waals surface area contributed by atoms with Gasteiger partial charge in [-0.2, -0.15) is 0 Å². The van der Waals surface area contributed by atoms with Gasteiger partial charge in [-0.05, 0) is 48.0 Å². The van der Waals surface area contributed by atoms with Gasteiger partial charge >= 0.3 is 0 Å². The summed E-state index contributed by atoms with van der Waals surface area (Å²) in [5.74, 6) is 3.24. The minimum absolute atomic E-state index is 0.105. The number of rotatable bonds is 5. The summed E-state index contributed by atoms with van der Waals surface area (Å²) < 4.78 is 24.1. The van der Waals surface area contributed by atoms with Crippen LogP contribution in [0.25, 0.3) is 17.0 Å². The van der Waals surface area contributed by atoms with Crippen molar-refractivity contribution in [1.29, 1.82) is 0 Å². The number of hydrogen-bond acceptors (Lipinski definition) is 8. The number of phenols is 1. The van der Waals surface area contributed by atoms with Gasteiger partial charge in [0.2, 0.25) is 5.88 Å². The molecule has 0 bridgehead atoms. The quantitative estimate of drug-likeness (QED) is 0.374. The van der Waals surface area contributed by atoms with Gasteiger partial charge in [0, 0.05) is 23.1 Å². The summed E-state index contributed by atoms with van der Waals surface area (Å²) in [6.45, 7) is 0. The maximum absolute atomic E-state index is 10.1. The van der Waals surface area contributed by atoms with Gasteiger partial charge in [0.1, 0.15) is 23.6 Å². The number of aromatic nitrogens is 4. The molecule has 0 unspecified atom stereocenters. The van der Waals surface area contributed by atoms with Crippen LogP contribution in [0.2, 0.25) is 0 Å². The van der Waals surface area contributed by atoms with Crippen LogP contribution in [0.5, 0.6) is 34.6 Å². The Balaban J connectivity index is 1.57. The number of nitrogens with zero attached hydrogens (tertiary/aromatic N) is 4. The molecule has 9 nitrogen and oxygen atoms in total. The minimum atomic E-state index is -0.312. The van der Waals surface area contributed by atoms with Gasteiger partial charge in [0.25, 0.3) is 0 Å². The second-order valence-electron chi connectivity index (χ2n) is 8.27. The number of hydrogen-bond donors (Lipinski definition) is 1. The second kappa shape index (κ2) is 8.46. The highest BCUT2D eigenvalue weighted by Gasteiger charge is 2.34. The third kappa shape index (κ3) is 3.44. The molecular weight excluding hydrogens is 460 g/mol. The fourth-order valence-electron chi connectivity index (χ4n) is 4.54. The van der Waals surface area contributed by atoms with Gasteiger partial charge in [0.05, 0.1) is 26.9 Å². The Hall–Kier alpha value is -4.79. The molecule has 0 aliphatic carbocycles. The predicted molar refractivity (Wildman–Crippen MR) is 131 cm³/mol. The fourth-order valence-corrected chi connectivity index (χ4v) is 4.54. The maximum Gasteiger partial charge on any atom is 0.228 e. The van der Waals surface area contributed by atoms with Crippen LogP contribution in [0.3, 0.4) is 0 Å². The van der Waals surface area contributed by atoms with Crippen LogP contribution in [0, 0.1) is 0 Å². The van der Waals surface area contributed by atoms with Crippen molar-refractivity contribution in [3.05, 3.63) is 83.7 Å². The summed E-state index contributed by atoms with van der Waals surface area (Å²) in [6, 6.07) is 18.4. The Morgan fingerprint density at radius 2 is 1.69 bits per heavy atom. The lowest BCUT2D eigenvalue weighted by Crippen LogP contribution is -2.15. The van der Waals surface area contributed by atoms with Crippen molar-refractivity contribution in [1.82, 2.24) is 19.6 Å². The second-order valence-corrected chi connectivity index (χ2v) is 8.27. The van der Waals surface area contributed by atoms with E-state index in [1.54, 1.807) is 44.3 Å². The molecule has 0 fully saturated rings. The molecule has 0 saturated carbocycles. The van der Waals surface area contributed by atoms with Gasteiger partial charge in [-0.1, -0.05) is 12.1 Å². The highest BCUT2D eigenvalue weighted by molar-refractivity contribution is 5.69. The Morgan fingerprint density at radius 3 is 2.44 bits per heavy atom. The molecule has 5 aromatic rings. The van der Waals surface area contributed by atoms with Gasteiger partial charge in [-0.15, -0.1) is 5.10 Å². The molecule has 9 heteroatoms. The van der Waals surface area contributed by atoms with Crippen LogP contribution in [0.15, 0.2) is 67.0 Å². The van der Waals surface area contributed by atoms with Crippen LogP contribution < -0.4 is 18.9 Å². The highest BCUT2D eigenvalue weighted by Crippen LogP contribution is 2.49. The molecule has 3 heterocycles. The van der Waals surface area contributed by atoms with E-state index in [1.165, 1.54) is 0 Å². The average molecular weight is 482 g/mol. The molecule has 0 amide bonds. The van der Waals surface area contributed by atoms with E-state index >= 15 is 0 Å². The van der Waals surface area contributed by atoms with Crippen LogP contribution in [0.1, 0.15) is 22.6 Å². The van der Waals surface area contributed by atoms with Crippen molar-refractivity contribution in [3.8, 4) is 46.0 Å². The van der Waals surface area contributed by atoms with Gasteiger partial charge in [0.15, 0.2) is 23.0 Å². The predicted octanol–water partition coefficient (Wildman–Crippen LogP) is 4.81. The van der Waals surface area contributed by atoms with Crippen molar-refractivity contribution >= 4 is 5.65 Å². The average Bonchev–Trinajstić information content (AvgIpc) is 3.36. The molecule has 1 aliphatic heterocycles. The van der Waals surface area contributed by atoms with Crippen molar-refractivity contribution in [2.75, 3.05) is 21.3 Å². The summed E-state index contributed by atoms with van der Waals surface area (Å²) in [7, 11) is 4.83. The summed E-state index contributed by atoms with van der Waals surface area (Å²) in [5, 5.41) is 14.8. The lowest BCUT2D eigenvalue weighted by atomic mass is 9.83. The van der Waals surface area contributed by atoms with E-state index in [4.69, 9.17) is 23.9 Å². The molecule has 180 valence electrons. The zero-order valence-corrected chi connectivity index (χ0v) is 19.8. The minimum Gasteiger partial charge on any atom is -0.508 e. The Kier molecular flexibility index (Phi) is 5.10. The SMILES string of the molecule is COc1ccc(-c2nc3c4c(ncn3n2)Oc2cc(O)ccc2[C@@H]4c2ccc(OC)c(OC)c2)cc1. The first kappa shape index (κ1) is 21.7. The van der Waals surface area contributed by atoms with Crippen LogP contribution in [-0.2, 0) is 0 Å². The van der Waals surface area contributed by atoms with Crippen molar-refractivity contribution in [2.24, 2.45) is 0 Å². The number of phenolic OH excluding ortho intramolecular Hbond substituents is 1. The molecule has 2 aromatic heterocycles. The topological polar surface area (TPSA) is 100 Å². The Bertz CT molecular complexity index is 1600. The van der Waals surface area contributed by atoms with E-state index in [2.05, 4.69) is 10.1 Å². The first-order valence-corrected chi connectivity index (χ1v) is 11.2. The first-order valence-electron chi connectivity index (χ1n) is 11.2. The molecule has 1 atom stereocenters. The van der Waals surface area contributed by atoms with E-state index in [-0.39, 0.29) is 11.7 Å². The molecule has 0 spiro atoms. The lowest BCUT2D eigenvalue weighted by Gasteiger charge is -2.28. The Labute approximate surface area is 206 Å². The van der Waals surface area contributed by atoms with Crippen molar-refractivity contribution in [3.63, 3.8) is 0 Å². The van der Waals surface area contributed by atoms with Crippen molar-refractivity contribution < 1.29 is 24.1 Å².